The second-order valence-corrected chi connectivity index (χ2v) is 10.2. The Morgan fingerprint density at radius 2 is 2.10 bits per heavy atom. The maximum atomic E-state index is 14.7. The minimum atomic E-state index is -2.78. The van der Waals surface area contributed by atoms with Crippen LogP contribution in [-0.4, -0.2) is 59.5 Å². The monoisotopic (exact) mass is 449 g/mol. The summed E-state index contributed by atoms with van der Waals surface area (Å²) in [6, 6.07) is 4.54. The van der Waals surface area contributed by atoms with Gasteiger partial charge in [0, 0.05) is 28.3 Å². The number of nitrogens with zero attached hydrogens (tertiary/aromatic N) is 2. The third-order valence-electron chi connectivity index (χ3n) is 5.22. The lowest BCUT2D eigenvalue weighted by atomic mass is 9.93. The first-order chi connectivity index (χ1) is 13.7. The molecule has 2 aliphatic heterocycles. The van der Waals surface area contributed by atoms with Gasteiger partial charge in [-0.25, -0.2) is 26.5 Å². The Morgan fingerprint density at radius 1 is 1.41 bits per heavy atom. The van der Waals surface area contributed by atoms with E-state index in [0.717, 1.165) is 0 Å². The zero-order valence-corrected chi connectivity index (χ0v) is 17.4. The van der Waals surface area contributed by atoms with Crippen molar-refractivity contribution in [3.8, 4) is 0 Å². The van der Waals surface area contributed by atoms with Crippen molar-refractivity contribution in [1.82, 2.24) is 5.32 Å². The van der Waals surface area contributed by atoms with Crippen molar-refractivity contribution in [1.29, 1.82) is 0 Å². The van der Waals surface area contributed by atoms with Gasteiger partial charge in [-0.2, -0.15) is 0 Å². The molecule has 3 rings (SSSR count). The van der Waals surface area contributed by atoms with Crippen LogP contribution in [0.1, 0.15) is 24.3 Å². The molecule has 2 fully saturated rings. The van der Waals surface area contributed by atoms with Crippen molar-refractivity contribution >= 4 is 38.7 Å². The van der Waals surface area contributed by atoms with Crippen LogP contribution < -0.4 is 10.2 Å². The Morgan fingerprint density at radius 3 is 2.69 bits per heavy atom. The predicted octanol–water partition coefficient (Wildman–Crippen LogP) is 3.31. The van der Waals surface area contributed by atoms with Gasteiger partial charge in [-0.15, -0.1) is 0 Å². The molecule has 1 atom stereocenters. The van der Waals surface area contributed by atoms with Crippen LogP contribution in [-0.2, 0) is 14.5 Å². The van der Waals surface area contributed by atoms with Crippen LogP contribution in [0.25, 0.3) is 0 Å². The zero-order valence-electron chi connectivity index (χ0n) is 15.8. The van der Waals surface area contributed by atoms with E-state index >= 15 is 0 Å². The summed E-state index contributed by atoms with van der Waals surface area (Å²) in [6.45, 7) is 0.0514. The quantitative estimate of drug-likeness (QED) is 0.699. The molecule has 0 spiro atoms. The molecular weight excluding hydrogens is 427 g/mol. The molecule has 160 valence electrons. The molecule has 0 aromatic heterocycles. The van der Waals surface area contributed by atoms with Crippen molar-refractivity contribution in [3.63, 3.8) is 0 Å². The third kappa shape index (κ3) is 5.00. The number of ether oxygens (including phenoxy) is 1. The van der Waals surface area contributed by atoms with E-state index in [0.29, 0.717) is 35.6 Å². The Hall–Kier alpha value is -1.88. The van der Waals surface area contributed by atoms with Crippen molar-refractivity contribution in [3.05, 3.63) is 29.6 Å². The first kappa shape index (κ1) is 21.8. The molecule has 6 nitrogen and oxygen atoms in total. The van der Waals surface area contributed by atoms with Crippen LogP contribution in [0.15, 0.2) is 22.6 Å². The Balaban J connectivity index is 1.65. The highest BCUT2D eigenvalue weighted by molar-refractivity contribution is 7.93. The van der Waals surface area contributed by atoms with Gasteiger partial charge < -0.3 is 10.1 Å². The average Bonchev–Trinajstić information content (AvgIpc) is 3.07. The van der Waals surface area contributed by atoms with Gasteiger partial charge in [0.05, 0.1) is 18.8 Å². The lowest BCUT2D eigenvalue weighted by molar-refractivity contribution is 0.142. The summed E-state index contributed by atoms with van der Waals surface area (Å²) in [7, 11) is -0.610. The highest BCUT2D eigenvalue weighted by Gasteiger charge is 2.33. The first-order valence-electron chi connectivity index (χ1n) is 9.16. The van der Waals surface area contributed by atoms with Gasteiger partial charge in [0.15, 0.2) is 0 Å². The fourth-order valence-electron chi connectivity index (χ4n) is 3.54. The number of benzene rings is 1. The number of thiocarbonyl (C=S) groups is 1. The normalized spacial score (nSPS) is 27.1. The molecule has 0 unspecified atom stereocenters. The van der Waals surface area contributed by atoms with Gasteiger partial charge in [-0.05, 0) is 36.5 Å². The Bertz CT molecular complexity index is 905. The van der Waals surface area contributed by atoms with Gasteiger partial charge >= 0.3 is 6.09 Å². The van der Waals surface area contributed by atoms with Crippen LogP contribution >= 0.6 is 12.2 Å². The summed E-state index contributed by atoms with van der Waals surface area (Å²) >= 11 is 4.49. The molecule has 0 saturated carbocycles. The first-order valence-corrected chi connectivity index (χ1v) is 11.4. The molecule has 0 aliphatic carbocycles. The molecule has 0 radical (unpaired) electrons. The van der Waals surface area contributed by atoms with E-state index < -0.39 is 39.2 Å². The van der Waals surface area contributed by atoms with Crippen LogP contribution in [0.3, 0.4) is 0 Å². The molecular formula is C18H22F3N3O3S2. The number of amides is 1. The summed E-state index contributed by atoms with van der Waals surface area (Å²) in [6.07, 6.45) is -2.94. The number of alkyl halides is 2. The van der Waals surface area contributed by atoms with E-state index in [1.807, 2.05) is 0 Å². The molecule has 11 heteroatoms. The van der Waals surface area contributed by atoms with E-state index in [1.54, 1.807) is 19.2 Å². The number of carbonyl (C=O) groups is 1. The molecule has 1 aromatic rings. The molecule has 0 bridgehead atoms. The van der Waals surface area contributed by atoms with Crippen molar-refractivity contribution in [2.75, 3.05) is 36.5 Å². The zero-order chi connectivity index (χ0) is 21.2. The number of rotatable bonds is 5. The number of hydrogen-bond acceptors (Lipinski definition) is 5. The predicted molar refractivity (Wildman–Crippen MR) is 109 cm³/mol. The number of hydrogen-bond donors (Lipinski definition) is 1. The maximum absolute atomic E-state index is 14.7. The fourth-order valence-corrected chi connectivity index (χ4v) is 5.50. The van der Waals surface area contributed by atoms with Crippen LogP contribution in [0.4, 0.5) is 23.7 Å². The second-order valence-electron chi connectivity index (χ2n) is 7.01. The number of nitrogens with one attached hydrogen (secondary N) is 1. The number of cyclic esters (lactones) is 1. The largest absolute Gasteiger partial charge is 0.442 e. The highest BCUT2D eigenvalue weighted by atomic mass is 32.2. The molecule has 2 heterocycles. The molecule has 29 heavy (non-hydrogen) atoms. The number of anilines is 1. The van der Waals surface area contributed by atoms with Crippen molar-refractivity contribution in [2.24, 2.45) is 4.36 Å². The second kappa shape index (κ2) is 8.86. The van der Waals surface area contributed by atoms with E-state index in [-0.39, 0.29) is 19.0 Å². The summed E-state index contributed by atoms with van der Waals surface area (Å²) in [5, 5.41) is 2.36. The van der Waals surface area contributed by atoms with Gasteiger partial charge in [-0.3, -0.25) is 4.90 Å². The standard InChI is InChI=1S/C18H22F3N3O3S2/c1-22-29(26)6-4-11(5-7-29)14-3-2-12(8-15(14)19)24-10-13(27-18(24)25)9-23-17(28)16(20)21/h2-3,8,11,13,16H,4-7,9-10H2,1H3,(H,23,28)/t11?,13-,29?/m0/s1. The molecule has 1 aromatic carbocycles. The molecule has 1 amide bonds. The summed E-state index contributed by atoms with van der Waals surface area (Å²) in [4.78, 5) is 12.7. The SMILES string of the molecule is CN=S1(=O)CCC(c2ccc(N3C[C@H](CNC(=S)C(F)F)OC3=O)cc2F)CC1. The molecule has 1 N–H and O–H groups in total. The third-order valence-corrected chi connectivity index (χ3v) is 7.95. The van der Waals surface area contributed by atoms with Crippen molar-refractivity contribution < 1.29 is 26.9 Å². The van der Waals surface area contributed by atoms with Crippen LogP contribution in [0.5, 0.6) is 0 Å². The maximum Gasteiger partial charge on any atom is 0.414 e. The van der Waals surface area contributed by atoms with E-state index in [2.05, 4.69) is 21.9 Å². The van der Waals surface area contributed by atoms with Crippen LogP contribution in [0, 0.1) is 5.82 Å². The number of carbonyl (C=O) groups excluding carboxylic acids is 1. The number of halogens is 3. The van der Waals surface area contributed by atoms with Gasteiger partial charge in [0.25, 0.3) is 6.43 Å². The Kier molecular flexibility index (Phi) is 6.67. The minimum absolute atomic E-state index is 0.0433. The average molecular weight is 450 g/mol. The smallest absolute Gasteiger partial charge is 0.414 e. The topological polar surface area (TPSA) is 71.0 Å². The summed E-state index contributed by atoms with van der Waals surface area (Å²) in [5.41, 5.74) is 0.859. The van der Waals surface area contributed by atoms with Gasteiger partial charge in [0.2, 0.25) is 0 Å². The fraction of sp³-hybridized carbons (Fsp3) is 0.556. The van der Waals surface area contributed by atoms with E-state index in [4.69, 9.17) is 4.74 Å². The minimum Gasteiger partial charge on any atom is -0.442 e. The van der Waals surface area contributed by atoms with E-state index in [1.165, 1.54) is 11.0 Å². The van der Waals surface area contributed by atoms with Gasteiger partial charge in [-0.1, -0.05) is 18.3 Å². The summed E-state index contributed by atoms with van der Waals surface area (Å²) in [5.74, 6) is 0.409. The lowest BCUT2D eigenvalue weighted by Crippen LogP contribution is -2.36. The molecule has 2 saturated heterocycles. The highest BCUT2D eigenvalue weighted by Crippen LogP contribution is 2.33. The van der Waals surface area contributed by atoms with E-state index in [9.17, 15) is 22.2 Å². The lowest BCUT2D eigenvalue weighted by Gasteiger charge is -2.25. The van der Waals surface area contributed by atoms with Gasteiger partial charge in [0.1, 0.15) is 16.9 Å². The van der Waals surface area contributed by atoms with Crippen molar-refractivity contribution in [2.45, 2.75) is 31.3 Å². The van der Waals surface area contributed by atoms with Crippen LogP contribution in [0.2, 0.25) is 0 Å². The summed E-state index contributed by atoms with van der Waals surface area (Å²) < 4.78 is 61.0. The Labute approximate surface area is 173 Å². The molecule has 2 aliphatic rings.